The van der Waals surface area contributed by atoms with Crippen molar-refractivity contribution in [2.45, 2.75) is 64.1 Å². The normalized spacial score (nSPS) is 24.5. The van der Waals surface area contributed by atoms with Gasteiger partial charge in [0.05, 0.1) is 0 Å². The van der Waals surface area contributed by atoms with Crippen molar-refractivity contribution in [3.8, 4) is 0 Å². The van der Waals surface area contributed by atoms with Crippen LogP contribution in [0.15, 0.2) is 0 Å². The molecular formula is C13H20O4. The Labute approximate surface area is 102 Å². The maximum absolute atomic E-state index is 11.9. The highest BCUT2D eigenvalue weighted by molar-refractivity contribution is 5.96. The number of ether oxygens (including phenoxy) is 2. The lowest BCUT2D eigenvalue weighted by Gasteiger charge is -2.40. The third-order valence-electron chi connectivity index (χ3n) is 3.60. The molecule has 1 saturated heterocycles. The minimum atomic E-state index is -0.921. The number of esters is 2. The van der Waals surface area contributed by atoms with E-state index in [4.69, 9.17) is 9.47 Å². The van der Waals surface area contributed by atoms with Gasteiger partial charge in [-0.25, -0.2) is 0 Å². The van der Waals surface area contributed by atoms with Gasteiger partial charge in [-0.2, -0.15) is 0 Å². The third kappa shape index (κ3) is 2.61. The molecule has 2 aliphatic rings. The Kier molecular flexibility index (Phi) is 3.69. The predicted octanol–water partition coefficient (Wildman–Crippen LogP) is 2.55. The van der Waals surface area contributed by atoms with Gasteiger partial charge >= 0.3 is 11.9 Å². The fraction of sp³-hybridized carbons (Fsp3) is 0.846. The molecule has 96 valence electrons. The Morgan fingerprint density at radius 3 is 2.24 bits per heavy atom. The van der Waals surface area contributed by atoms with Crippen molar-refractivity contribution >= 4 is 11.9 Å². The zero-order valence-electron chi connectivity index (χ0n) is 10.4. The van der Waals surface area contributed by atoms with Gasteiger partial charge in [0.1, 0.15) is 0 Å². The minimum absolute atomic E-state index is 0.378. The van der Waals surface area contributed by atoms with E-state index < -0.39 is 11.7 Å². The summed E-state index contributed by atoms with van der Waals surface area (Å²) in [7, 11) is 0. The van der Waals surface area contributed by atoms with Crippen LogP contribution in [0.1, 0.15) is 58.3 Å². The highest BCUT2D eigenvalue weighted by Crippen LogP contribution is 2.37. The zero-order valence-corrected chi connectivity index (χ0v) is 10.4. The molecule has 0 bridgehead atoms. The van der Waals surface area contributed by atoms with Gasteiger partial charge in [0.15, 0.2) is 5.92 Å². The largest absolute Gasteiger partial charge is 0.422 e. The predicted molar refractivity (Wildman–Crippen MR) is 61.0 cm³/mol. The molecule has 1 aliphatic carbocycles. The van der Waals surface area contributed by atoms with Crippen LogP contribution in [0.4, 0.5) is 0 Å². The van der Waals surface area contributed by atoms with Crippen LogP contribution in [0.2, 0.25) is 0 Å². The first kappa shape index (κ1) is 12.4. The minimum Gasteiger partial charge on any atom is -0.422 e. The summed E-state index contributed by atoms with van der Waals surface area (Å²) in [6.07, 6.45) is 6.71. The topological polar surface area (TPSA) is 52.6 Å². The van der Waals surface area contributed by atoms with Crippen molar-refractivity contribution in [1.82, 2.24) is 0 Å². The molecule has 1 aliphatic heterocycles. The molecule has 0 atom stereocenters. The lowest BCUT2D eigenvalue weighted by Crippen LogP contribution is -2.50. The Balaban J connectivity index is 2.01. The average Bonchev–Trinajstić information content (AvgIpc) is 2.29. The molecule has 0 radical (unpaired) electrons. The van der Waals surface area contributed by atoms with Crippen molar-refractivity contribution in [3.63, 3.8) is 0 Å². The van der Waals surface area contributed by atoms with Crippen LogP contribution >= 0.6 is 0 Å². The van der Waals surface area contributed by atoms with E-state index in [-0.39, 0.29) is 11.9 Å². The molecule has 0 aromatic rings. The van der Waals surface area contributed by atoms with E-state index in [0.29, 0.717) is 19.3 Å². The van der Waals surface area contributed by atoms with E-state index >= 15 is 0 Å². The van der Waals surface area contributed by atoms with Gasteiger partial charge in [-0.05, 0) is 19.3 Å². The van der Waals surface area contributed by atoms with Crippen molar-refractivity contribution in [2.75, 3.05) is 0 Å². The molecule has 1 heterocycles. The van der Waals surface area contributed by atoms with Crippen LogP contribution in [0.5, 0.6) is 0 Å². The molecule has 0 unspecified atom stereocenters. The summed E-state index contributed by atoms with van der Waals surface area (Å²) in [5.41, 5.74) is 0. The summed E-state index contributed by atoms with van der Waals surface area (Å²) in [5.74, 6) is -2.37. The average molecular weight is 240 g/mol. The van der Waals surface area contributed by atoms with Gasteiger partial charge in [0, 0.05) is 12.8 Å². The first-order valence-corrected chi connectivity index (χ1v) is 6.62. The summed E-state index contributed by atoms with van der Waals surface area (Å²) in [4.78, 5) is 23.7. The number of unbranched alkanes of at least 4 members (excludes halogenated alkanes) is 1. The standard InChI is InChI=1S/C13H20O4/c1-2-3-7-10-11(14)16-13(17-12(10)15)8-5-4-6-9-13/h10H,2-9H2,1H3. The van der Waals surface area contributed by atoms with E-state index in [1.807, 2.05) is 6.92 Å². The fourth-order valence-corrected chi connectivity index (χ4v) is 2.56. The lowest BCUT2D eigenvalue weighted by atomic mass is 9.92. The molecule has 0 amide bonds. The molecular weight excluding hydrogens is 220 g/mol. The van der Waals surface area contributed by atoms with Gasteiger partial charge < -0.3 is 9.47 Å². The van der Waals surface area contributed by atoms with Crippen LogP contribution in [0, 0.1) is 5.92 Å². The second-order valence-corrected chi connectivity index (χ2v) is 5.01. The highest BCUT2D eigenvalue weighted by atomic mass is 16.7. The maximum atomic E-state index is 11.9. The Morgan fingerprint density at radius 1 is 1.12 bits per heavy atom. The molecule has 0 N–H and O–H groups in total. The molecule has 4 heteroatoms. The summed E-state index contributed by atoms with van der Waals surface area (Å²) in [6, 6.07) is 0. The number of rotatable bonds is 3. The van der Waals surface area contributed by atoms with E-state index in [0.717, 1.165) is 32.1 Å². The molecule has 2 fully saturated rings. The molecule has 1 saturated carbocycles. The third-order valence-corrected chi connectivity index (χ3v) is 3.60. The van der Waals surface area contributed by atoms with Crippen LogP contribution < -0.4 is 0 Å². The van der Waals surface area contributed by atoms with E-state index in [2.05, 4.69) is 0 Å². The van der Waals surface area contributed by atoms with Crippen LogP contribution in [0.3, 0.4) is 0 Å². The maximum Gasteiger partial charge on any atom is 0.323 e. The Hall–Kier alpha value is -1.06. The van der Waals surface area contributed by atoms with E-state index in [9.17, 15) is 9.59 Å². The second kappa shape index (κ2) is 5.07. The van der Waals surface area contributed by atoms with Crippen LogP contribution in [-0.2, 0) is 19.1 Å². The second-order valence-electron chi connectivity index (χ2n) is 5.01. The molecule has 4 nitrogen and oxygen atoms in total. The van der Waals surface area contributed by atoms with Crippen molar-refractivity contribution in [3.05, 3.63) is 0 Å². The van der Waals surface area contributed by atoms with Crippen LogP contribution in [-0.4, -0.2) is 17.7 Å². The Bertz CT molecular complexity index is 285. The van der Waals surface area contributed by atoms with Crippen molar-refractivity contribution < 1.29 is 19.1 Å². The summed E-state index contributed by atoms with van der Waals surface area (Å²) >= 11 is 0. The summed E-state index contributed by atoms with van der Waals surface area (Å²) in [6.45, 7) is 2.03. The van der Waals surface area contributed by atoms with Crippen molar-refractivity contribution in [2.24, 2.45) is 5.92 Å². The molecule has 1 spiro atoms. The van der Waals surface area contributed by atoms with Gasteiger partial charge in [0.2, 0.25) is 0 Å². The summed E-state index contributed by atoms with van der Waals surface area (Å²) < 4.78 is 10.8. The SMILES string of the molecule is CCCCC1C(=O)OC2(CCCCC2)OC1=O. The van der Waals surface area contributed by atoms with Gasteiger partial charge in [0.25, 0.3) is 5.79 Å². The smallest absolute Gasteiger partial charge is 0.323 e. The number of carbonyl (C=O) groups excluding carboxylic acids is 2. The van der Waals surface area contributed by atoms with Gasteiger partial charge in [-0.3, -0.25) is 9.59 Å². The fourth-order valence-electron chi connectivity index (χ4n) is 2.56. The number of hydrogen-bond donors (Lipinski definition) is 0. The van der Waals surface area contributed by atoms with Crippen molar-refractivity contribution in [1.29, 1.82) is 0 Å². The lowest BCUT2D eigenvalue weighted by molar-refractivity contribution is -0.261. The Morgan fingerprint density at radius 2 is 1.71 bits per heavy atom. The highest BCUT2D eigenvalue weighted by Gasteiger charge is 2.48. The first-order chi connectivity index (χ1) is 8.17. The van der Waals surface area contributed by atoms with Gasteiger partial charge in [-0.1, -0.05) is 26.2 Å². The van der Waals surface area contributed by atoms with Crippen LogP contribution in [0.25, 0.3) is 0 Å². The number of hydrogen-bond acceptors (Lipinski definition) is 4. The molecule has 2 rings (SSSR count). The quantitative estimate of drug-likeness (QED) is 0.562. The molecule has 0 aromatic heterocycles. The monoisotopic (exact) mass is 240 g/mol. The van der Waals surface area contributed by atoms with Gasteiger partial charge in [-0.15, -0.1) is 0 Å². The van der Waals surface area contributed by atoms with E-state index in [1.165, 1.54) is 0 Å². The summed E-state index contributed by atoms with van der Waals surface area (Å²) in [5, 5.41) is 0. The first-order valence-electron chi connectivity index (χ1n) is 6.62. The zero-order chi connectivity index (χ0) is 12.3. The molecule has 0 aromatic carbocycles. The molecule has 17 heavy (non-hydrogen) atoms. The number of carbonyl (C=O) groups is 2. The van der Waals surface area contributed by atoms with E-state index in [1.54, 1.807) is 0 Å².